The second kappa shape index (κ2) is 6.71. The minimum absolute atomic E-state index is 0.0638. The summed E-state index contributed by atoms with van der Waals surface area (Å²) in [6, 6.07) is 5.81. The van der Waals surface area contributed by atoms with Gasteiger partial charge in [-0.15, -0.1) is 0 Å². The van der Waals surface area contributed by atoms with Crippen LogP contribution in [-0.2, 0) is 9.59 Å². The van der Waals surface area contributed by atoms with Crippen molar-refractivity contribution < 1.29 is 9.59 Å². The first-order chi connectivity index (χ1) is 11.0. The largest absolute Gasteiger partial charge is 0.326 e. The molecule has 23 heavy (non-hydrogen) atoms. The number of amides is 2. The van der Waals surface area contributed by atoms with E-state index in [-0.39, 0.29) is 17.7 Å². The molecule has 0 spiro atoms. The minimum Gasteiger partial charge on any atom is -0.326 e. The standard InChI is InChI=1S/C18H25N3O2/c1-13-11-15(7-8-16(13)21-10-4-6-17(21)22)19-18(23)14-5-3-9-20(2)12-14/h7-8,11,14H,3-6,9-10,12H2,1-2H3,(H,19,23). The fourth-order valence-electron chi connectivity index (χ4n) is 3.56. The summed E-state index contributed by atoms with van der Waals surface area (Å²) < 4.78 is 0. The highest BCUT2D eigenvalue weighted by Crippen LogP contribution is 2.28. The van der Waals surface area contributed by atoms with Crippen LogP contribution in [0.25, 0.3) is 0 Å². The number of piperidine rings is 1. The van der Waals surface area contributed by atoms with E-state index in [1.54, 1.807) is 0 Å². The van der Waals surface area contributed by atoms with Crippen LogP contribution in [0.1, 0.15) is 31.2 Å². The van der Waals surface area contributed by atoms with Crippen molar-refractivity contribution in [2.75, 3.05) is 36.9 Å². The lowest BCUT2D eigenvalue weighted by molar-refractivity contribution is -0.121. The van der Waals surface area contributed by atoms with Gasteiger partial charge in [0.05, 0.1) is 5.92 Å². The summed E-state index contributed by atoms with van der Waals surface area (Å²) in [5.41, 5.74) is 2.80. The van der Waals surface area contributed by atoms with Crippen LogP contribution in [0.2, 0.25) is 0 Å². The molecule has 0 aliphatic carbocycles. The van der Waals surface area contributed by atoms with Gasteiger partial charge in [-0.1, -0.05) is 0 Å². The van der Waals surface area contributed by atoms with E-state index >= 15 is 0 Å². The third-order valence-electron chi connectivity index (χ3n) is 4.82. The second-order valence-corrected chi connectivity index (χ2v) is 6.74. The number of hydrogen-bond donors (Lipinski definition) is 1. The molecule has 0 saturated carbocycles. The van der Waals surface area contributed by atoms with Crippen LogP contribution >= 0.6 is 0 Å². The Balaban J connectivity index is 1.68. The molecule has 1 unspecified atom stereocenters. The van der Waals surface area contributed by atoms with Gasteiger partial charge in [0.25, 0.3) is 0 Å². The fraction of sp³-hybridized carbons (Fsp3) is 0.556. The maximum atomic E-state index is 12.4. The van der Waals surface area contributed by atoms with E-state index in [4.69, 9.17) is 0 Å². The van der Waals surface area contributed by atoms with Gasteiger partial charge in [0.15, 0.2) is 0 Å². The molecule has 0 aromatic heterocycles. The van der Waals surface area contributed by atoms with Crippen molar-refractivity contribution >= 4 is 23.2 Å². The highest BCUT2D eigenvalue weighted by molar-refractivity contribution is 5.97. The quantitative estimate of drug-likeness (QED) is 0.932. The topological polar surface area (TPSA) is 52.7 Å². The molecule has 2 saturated heterocycles. The Kier molecular flexibility index (Phi) is 4.66. The first kappa shape index (κ1) is 16.0. The molecule has 5 heteroatoms. The molecule has 0 radical (unpaired) electrons. The van der Waals surface area contributed by atoms with E-state index in [0.717, 1.165) is 55.8 Å². The van der Waals surface area contributed by atoms with Crippen LogP contribution < -0.4 is 10.2 Å². The van der Waals surface area contributed by atoms with Crippen LogP contribution in [-0.4, -0.2) is 43.4 Å². The number of carbonyl (C=O) groups excluding carboxylic acids is 2. The maximum Gasteiger partial charge on any atom is 0.228 e. The molecule has 1 aromatic rings. The van der Waals surface area contributed by atoms with Crippen molar-refractivity contribution in [1.29, 1.82) is 0 Å². The summed E-state index contributed by atoms with van der Waals surface area (Å²) >= 11 is 0. The monoisotopic (exact) mass is 315 g/mol. The van der Waals surface area contributed by atoms with E-state index in [2.05, 4.69) is 17.3 Å². The molecule has 1 atom stereocenters. The number of anilines is 2. The van der Waals surface area contributed by atoms with Gasteiger partial charge >= 0.3 is 0 Å². The third kappa shape index (κ3) is 3.55. The molecule has 2 fully saturated rings. The lowest BCUT2D eigenvalue weighted by Crippen LogP contribution is -2.38. The Labute approximate surface area is 137 Å². The summed E-state index contributed by atoms with van der Waals surface area (Å²) in [6.07, 6.45) is 3.58. The SMILES string of the molecule is Cc1cc(NC(=O)C2CCCN(C)C2)ccc1N1CCCC1=O. The molecule has 2 aliphatic rings. The molecular weight excluding hydrogens is 290 g/mol. The second-order valence-electron chi connectivity index (χ2n) is 6.74. The Morgan fingerprint density at radius 3 is 2.74 bits per heavy atom. The summed E-state index contributed by atoms with van der Waals surface area (Å²) in [5.74, 6) is 0.352. The summed E-state index contributed by atoms with van der Waals surface area (Å²) in [7, 11) is 2.06. The van der Waals surface area contributed by atoms with Crippen LogP contribution in [0.3, 0.4) is 0 Å². The lowest BCUT2D eigenvalue weighted by atomic mass is 9.97. The van der Waals surface area contributed by atoms with Gasteiger partial charge in [-0.25, -0.2) is 0 Å². The van der Waals surface area contributed by atoms with Crippen LogP contribution in [0, 0.1) is 12.8 Å². The van der Waals surface area contributed by atoms with Crippen molar-refractivity contribution in [3.63, 3.8) is 0 Å². The minimum atomic E-state index is 0.0638. The number of aryl methyl sites for hydroxylation is 1. The number of nitrogens with one attached hydrogen (secondary N) is 1. The van der Waals surface area contributed by atoms with Gasteiger partial charge in [0.2, 0.25) is 11.8 Å². The summed E-state index contributed by atoms with van der Waals surface area (Å²) in [5, 5.41) is 3.03. The van der Waals surface area contributed by atoms with E-state index in [0.29, 0.717) is 6.42 Å². The Morgan fingerprint density at radius 1 is 1.26 bits per heavy atom. The highest BCUT2D eigenvalue weighted by atomic mass is 16.2. The molecule has 2 heterocycles. The number of nitrogens with zero attached hydrogens (tertiary/aromatic N) is 2. The van der Waals surface area contributed by atoms with Gasteiger partial charge in [0.1, 0.15) is 0 Å². The van der Waals surface area contributed by atoms with Crippen molar-refractivity contribution in [3.8, 4) is 0 Å². The van der Waals surface area contributed by atoms with E-state index in [9.17, 15) is 9.59 Å². The Morgan fingerprint density at radius 2 is 2.09 bits per heavy atom. The molecule has 3 rings (SSSR count). The van der Waals surface area contributed by atoms with Crippen LogP contribution in [0.15, 0.2) is 18.2 Å². The first-order valence-corrected chi connectivity index (χ1v) is 8.45. The maximum absolute atomic E-state index is 12.4. The first-order valence-electron chi connectivity index (χ1n) is 8.45. The number of rotatable bonds is 3. The number of likely N-dealkylation sites (tertiary alicyclic amines) is 1. The summed E-state index contributed by atoms with van der Waals surface area (Å²) in [4.78, 5) is 28.3. The van der Waals surface area contributed by atoms with E-state index < -0.39 is 0 Å². The zero-order valence-corrected chi connectivity index (χ0v) is 14.0. The number of benzene rings is 1. The van der Waals surface area contributed by atoms with Gasteiger partial charge in [-0.3, -0.25) is 9.59 Å². The van der Waals surface area contributed by atoms with E-state index in [1.165, 1.54) is 0 Å². The third-order valence-corrected chi connectivity index (χ3v) is 4.82. The molecule has 124 valence electrons. The smallest absolute Gasteiger partial charge is 0.228 e. The molecule has 0 bridgehead atoms. The van der Waals surface area contributed by atoms with Gasteiger partial charge in [-0.2, -0.15) is 0 Å². The molecule has 1 N–H and O–H groups in total. The van der Waals surface area contributed by atoms with Crippen LogP contribution in [0.4, 0.5) is 11.4 Å². The predicted octanol–water partition coefficient (Wildman–Crippen LogP) is 2.40. The normalized spacial score (nSPS) is 22.4. The number of hydrogen-bond acceptors (Lipinski definition) is 3. The van der Waals surface area contributed by atoms with Crippen molar-refractivity contribution in [2.45, 2.75) is 32.6 Å². The molecule has 1 aromatic carbocycles. The molecule has 2 aliphatic heterocycles. The van der Waals surface area contributed by atoms with Crippen molar-refractivity contribution in [1.82, 2.24) is 4.90 Å². The van der Waals surface area contributed by atoms with Crippen molar-refractivity contribution in [2.24, 2.45) is 5.92 Å². The van der Waals surface area contributed by atoms with Crippen molar-refractivity contribution in [3.05, 3.63) is 23.8 Å². The Bertz CT molecular complexity index is 614. The molecular formula is C18H25N3O2. The number of carbonyl (C=O) groups is 2. The zero-order chi connectivity index (χ0) is 16.4. The highest BCUT2D eigenvalue weighted by Gasteiger charge is 2.25. The summed E-state index contributed by atoms with van der Waals surface area (Å²) in [6.45, 7) is 4.68. The average molecular weight is 315 g/mol. The zero-order valence-electron chi connectivity index (χ0n) is 14.0. The van der Waals surface area contributed by atoms with Gasteiger partial charge in [0, 0.05) is 30.9 Å². The van der Waals surface area contributed by atoms with Gasteiger partial charge < -0.3 is 15.1 Å². The van der Waals surface area contributed by atoms with Gasteiger partial charge in [-0.05, 0) is 63.5 Å². The molecule has 2 amide bonds. The average Bonchev–Trinajstić information content (AvgIpc) is 2.93. The fourth-order valence-corrected chi connectivity index (χ4v) is 3.56. The van der Waals surface area contributed by atoms with E-state index in [1.807, 2.05) is 30.0 Å². The lowest BCUT2D eigenvalue weighted by Gasteiger charge is -2.28. The predicted molar refractivity (Wildman–Crippen MR) is 91.6 cm³/mol. The van der Waals surface area contributed by atoms with Crippen LogP contribution in [0.5, 0.6) is 0 Å². The Hall–Kier alpha value is -1.88. The molecule has 5 nitrogen and oxygen atoms in total.